The lowest BCUT2D eigenvalue weighted by molar-refractivity contribution is 0.313. The lowest BCUT2D eigenvalue weighted by Crippen LogP contribution is -2.44. The average Bonchev–Trinajstić information content (AvgIpc) is 2.88. The van der Waals surface area contributed by atoms with Gasteiger partial charge in [0, 0.05) is 55.0 Å². The van der Waals surface area contributed by atoms with Crippen molar-refractivity contribution in [2.24, 2.45) is 4.99 Å². The lowest BCUT2D eigenvalue weighted by atomic mass is 9.96. The van der Waals surface area contributed by atoms with E-state index in [0.717, 1.165) is 53.6 Å². The SMILES string of the molecule is CN1CCN(c2ccc(NC=C3CN=Cc4ccc(C=Cc5ccc(Cl)cc5)cc43)cc2)CC1. The van der Waals surface area contributed by atoms with Crippen molar-refractivity contribution in [3.63, 3.8) is 0 Å². The Kier molecular flexibility index (Phi) is 6.79. The van der Waals surface area contributed by atoms with Gasteiger partial charge < -0.3 is 15.1 Å². The molecule has 1 N–H and O–H groups in total. The van der Waals surface area contributed by atoms with Crippen molar-refractivity contribution >= 4 is 46.9 Å². The summed E-state index contributed by atoms with van der Waals surface area (Å²) in [5.41, 5.74) is 8.20. The molecule has 3 aromatic rings. The van der Waals surface area contributed by atoms with Crippen LogP contribution in [-0.2, 0) is 0 Å². The number of nitrogens with one attached hydrogen (secondary N) is 1. The van der Waals surface area contributed by atoms with Crippen LogP contribution in [-0.4, -0.2) is 50.9 Å². The summed E-state index contributed by atoms with van der Waals surface area (Å²) in [5.74, 6) is 0. The largest absolute Gasteiger partial charge is 0.369 e. The van der Waals surface area contributed by atoms with Crippen molar-refractivity contribution in [3.8, 4) is 0 Å². The zero-order valence-electron chi connectivity index (χ0n) is 19.4. The molecule has 0 aromatic heterocycles. The Hall–Kier alpha value is -3.34. The Morgan fingerprint density at radius 2 is 1.56 bits per heavy atom. The molecule has 2 aliphatic heterocycles. The van der Waals surface area contributed by atoms with Gasteiger partial charge in [-0.05, 0) is 77.3 Å². The third kappa shape index (κ3) is 5.41. The van der Waals surface area contributed by atoms with E-state index in [2.05, 4.69) is 88.0 Å². The van der Waals surface area contributed by atoms with Crippen molar-refractivity contribution < 1.29 is 0 Å². The molecular formula is C29H29ClN4. The van der Waals surface area contributed by atoms with E-state index in [0.29, 0.717) is 6.54 Å². The van der Waals surface area contributed by atoms with Crippen LogP contribution in [0.15, 0.2) is 77.9 Å². The predicted molar refractivity (Wildman–Crippen MR) is 147 cm³/mol. The van der Waals surface area contributed by atoms with Gasteiger partial charge in [-0.3, -0.25) is 4.99 Å². The Balaban J connectivity index is 1.29. The summed E-state index contributed by atoms with van der Waals surface area (Å²) < 4.78 is 0. The second-order valence-electron chi connectivity index (χ2n) is 8.85. The maximum Gasteiger partial charge on any atom is 0.0660 e. The van der Waals surface area contributed by atoms with Crippen molar-refractivity contribution in [3.05, 3.63) is 100 Å². The first kappa shape index (κ1) is 22.5. The third-order valence-corrected chi connectivity index (χ3v) is 6.65. The summed E-state index contributed by atoms with van der Waals surface area (Å²) in [5, 5.41) is 4.23. The molecule has 1 saturated heterocycles. The predicted octanol–water partition coefficient (Wildman–Crippen LogP) is 6.15. The highest BCUT2D eigenvalue weighted by molar-refractivity contribution is 6.30. The molecule has 172 valence electrons. The fourth-order valence-electron chi connectivity index (χ4n) is 4.29. The van der Waals surface area contributed by atoms with Crippen LogP contribution in [0, 0.1) is 0 Å². The van der Waals surface area contributed by atoms with E-state index < -0.39 is 0 Å². The van der Waals surface area contributed by atoms with Gasteiger partial charge in [-0.1, -0.05) is 48.0 Å². The topological polar surface area (TPSA) is 30.9 Å². The number of nitrogens with zero attached hydrogens (tertiary/aromatic N) is 3. The highest BCUT2D eigenvalue weighted by Gasteiger charge is 2.14. The summed E-state index contributed by atoms with van der Waals surface area (Å²) in [6.45, 7) is 5.06. The fraction of sp³-hybridized carbons (Fsp3) is 0.207. The van der Waals surface area contributed by atoms with Crippen LogP contribution >= 0.6 is 11.6 Å². The van der Waals surface area contributed by atoms with Gasteiger partial charge in [0.2, 0.25) is 0 Å². The molecule has 0 radical (unpaired) electrons. The van der Waals surface area contributed by atoms with Crippen LogP contribution in [0.1, 0.15) is 22.3 Å². The summed E-state index contributed by atoms with van der Waals surface area (Å²) in [4.78, 5) is 9.38. The molecule has 0 bridgehead atoms. The molecule has 5 rings (SSSR count). The normalized spacial score (nSPS) is 17.4. The second-order valence-corrected chi connectivity index (χ2v) is 9.29. The lowest BCUT2D eigenvalue weighted by Gasteiger charge is -2.34. The van der Waals surface area contributed by atoms with Crippen molar-refractivity contribution in [1.82, 2.24) is 4.90 Å². The average molecular weight is 469 g/mol. The standard InChI is InChI=1S/C29H29ClN4/c1-33-14-16-34(17-15-33)28-12-10-27(11-13-28)32-21-25-20-31-19-24-7-4-23(18-29(24)25)3-2-22-5-8-26(30)9-6-22/h2-13,18-19,21,32H,14-17,20H2,1H3. The number of piperazine rings is 1. The molecule has 0 saturated carbocycles. The van der Waals surface area contributed by atoms with Crippen molar-refractivity contribution in [1.29, 1.82) is 0 Å². The molecule has 5 heteroatoms. The Bertz CT molecular complexity index is 1220. The second kappa shape index (κ2) is 10.3. The minimum atomic E-state index is 0.670. The minimum Gasteiger partial charge on any atom is -0.369 e. The molecular weight excluding hydrogens is 440 g/mol. The zero-order chi connectivity index (χ0) is 23.3. The number of rotatable bonds is 5. The highest BCUT2D eigenvalue weighted by atomic mass is 35.5. The maximum atomic E-state index is 5.99. The van der Waals surface area contributed by atoms with E-state index >= 15 is 0 Å². The van der Waals surface area contributed by atoms with Crippen LogP contribution in [0.3, 0.4) is 0 Å². The summed E-state index contributed by atoms with van der Waals surface area (Å²) in [6, 6.07) is 23.1. The Labute approximate surface area is 206 Å². The van der Waals surface area contributed by atoms with Gasteiger partial charge in [0.1, 0.15) is 0 Å². The maximum absolute atomic E-state index is 5.99. The minimum absolute atomic E-state index is 0.670. The molecule has 4 nitrogen and oxygen atoms in total. The molecule has 2 heterocycles. The van der Waals surface area contributed by atoms with Gasteiger partial charge in [-0.25, -0.2) is 0 Å². The molecule has 0 aliphatic carbocycles. The first-order chi connectivity index (χ1) is 16.6. The van der Waals surface area contributed by atoms with Crippen molar-refractivity contribution in [2.45, 2.75) is 0 Å². The van der Waals surface area contributed by atoms with Gasteiger partial charge in [0.15, 0.2) is 0 Å². The molecule has 0 atom stereocenters. The van der Waals surface area contributed by atoms with Gasteiger partial charge in [-0.2, -0.15) is 0 Å². The van der Waals surface area contributed by atoms with Crippen LogP contribution in [0.5, 0.6) is 0 Å². The van der Waals surface area contributed by atoms with E-state index in [-0.39, 0.29) is 0 Å². The molecule has 1 fully saturated rings. The number of likely N-dealkylation sites (N-methyl/N-ethyl adjacent to an activating group) is 1. The first-order valence-corrected chi connectivity index (χ1v) is 12.1. The van der Waals surface area contributed by atoms with E-state index in [1.54, 1.807) is 0 Å². The summed E-state index contributed by atoms with van der Waals surface area (Å²) in [6.07, 6.45) is 8.30. The molecule has 2 aliphatic rings. The van der Waals surface area contributed by atoms with E-state index in [4.69, 9.17) is 11.6 Å². The van der Waals surface area contributed by atoms with Gasteiger partial charge in [0.25, 0.3) is 0 Å². The fourth-order valence-corrected chi connectivity index (χ4v) is 4.42. The quantitative estimate of drug-likeness (QED) is 0.456. The number of hydrogen-bond acceptors (Lipinski definition) is 4. The van der Waals surface area contributed by atoms with Crippen molar-refractivity contribution in [2.75, 3.05) is 50.0 Å². The van der Waals surface area contributed by atoms with Crippen LogP contribution in [0.2, 0.25) is 5.02 Å². The molecule has 3 aromatic carbocycles. The van der Waals surface area contributed by atoms with E-state index in [9.17, 15) is 0 Å². The molecule has 0 unspecified atom stereocenters. The number of fused-ring (bicyclic) bond motifs is 1. The van der Waals surface area contributed by atoms with Crippen LogP contribution < -0.4 is 10.2 Å². The van der Waals surface area contributed by atoms with E-state index in [1.807, 2.05) is 30.5 Å². The van der Waals surface area contributed by atoms with Gasteiger partial charge in [-0.15, -0.1) is 0 Å². The number of hydrogen-bond donors (Lipinski definition) is 1. The molecule has 0 amide bonds. The Morgan fingerprint density at radius 1 is 0.853 bits per heavy atom. The number of halogens is 1. The van der Waals surface area contributed by atoms with Crippen LogP contribution in [0.4, 0.5) is 11.4 Å². The Morgan fingerprint density at radius 3 is 2.32 bits per heavy atom. The van der Waals surface area contributed by atoms with Crippen LogP contribution in [0.25, 0.3) is 17.7 Å². The summed E-state index contributed by atoms with van der Waals surface area (Å²) in [7, 11) is 2.18. The highest BCUT2D eigenvalue weighted by Crippen LogP contribution is 2.26. The van der Waals surface area contributed by atoms with E-state index in [1.165, 1.54) is 16.8 Å². The zero-order valence-corrected chi connectivity index (χ0v) is 20.2. The molecule has 34 heavy (non-hydrogen) atoms. The van der Waals surface area contributed by atoms with Gasteiger partial charge in [0.05, 0.1) is 6.54 Å². The smallest absolute Gasteiger partial charge is 0.0660 e. The number of anilines is 2. The monoisotopic (exact) mass is 468 g/mol. The number of aliphatic imine (C=N–C) groups is 1. The number of benzene rings is 3. The molecule has 0 spiro atoms. The van der Waals surface area contributed by atoms with Gasteiger partial charge >= 0.3 is 0 Å². The first-order valence-electron chi connectivity index (χ1n) is 11.7. The summed E-state index contributed by atoms with van der Waals surface area (Å²) >= 11 is 5.99. The third-order valence-electron chi connectivity index (χ3n) is 6.40.